The first-order valence-corrected chi connectivity index (χ1v) is 11.5. The van der Waals surface area contributed by atoms with Gasteiger partial charge in [-0.15, -0.1) is 0 Å². The molecule has 1 unspecified atom stereocenters. The zero-order valence-electron chi connectivity index (χ0n) is 21.1. The highest BCUT2D eigenvalue weighted by molar-refractivity contribution is 5.96. The summed E-state index contributed by atoms with van der Waals surface area (Å²) < 4.78 is 52.8. The van der Waals surface area contributed by atoms with Crippen LogP contribution in [0.1, 0.15) is 60.5 Å². The zero-order chi connectivity index (χ0) is 26.9. The fourth-order valence-corrected chi connectivity index (χ4v) is 3.16. The predicted octanol–water partition coefficient (Wildman–Crippen LogP) is 4.40. The third-order valence-electron chi connectivity index (χ3n) is 5.07. The highest BCUT2D eigenvalue weighted by Crippen LogP contribution is 2.24. The summed E-state index contributed by atoms with van der Waals surface area (Å²) in [7, 11) is 1.52. The summed E-state index contributed by atoms with van der Waals surface area (Å²) in [5.74, 6) is -1.06. The second kappa shape index (κ2) is 13.2. The van der Waals surface area contributed by atoms with Crippen molar-refractivity contribution in [1.29, 1.82) is 0 Å². The number of hydrogen-bond donors (Lipinski definition) is 1. The minimum atomic E-state index is -4.53. The van der Waals surface area contributed by atoms with Gasteiger partial charge in [0.25, 0.3) is 5.91 Å². The van der Waals surface area contributed by atoms with E-state index in [1.54, 1.807) is 19.9 Å². The fraction of sp³-hybridized carbons (Fsp3) is 0.520. The number of Topliss-reactive ketones (excluding diaryl/α,β-unsaturated/α-hetero) is 1. The number of methoxy groups -OCH3 is 1. The molecule has 0 saturated carbocycles. The van der Waals surface area contributed by atoms with E-state index in [2.05, 4.69) is 15.3 Å². The third kappa shape index (κ3) is 9.44. The first-order chi connectivity index (χ1) is 16.9. The maximum Gasteiger partial charge on any atom is 0.422 e. The molecule has 2 aromatic rings. The number of carbonyl (C=O) groups is 2. The largest absolute Gasteiger partial charge is 0.477 e. The van der Waals surface area contributed by atoms with Crippen LogP contribution in [0.5, 0.6) is 11.8 Å². The van der Waals surface area contributed by atoms with Gasteiger partial charge in [-0.25, -0.2) is 0 Å². The average molecular weight is 512 g/mol. The first-order valence-electron chi connectivity index (χ1n) is 11.5. The van der Waals surface area contributed by atoms with Crippen LogP contribution in [0.3, 0.4) is 0 Å². The molecular formula is C25H32F3N3O5. The number of alkyl halides is 3. The molecule has 0 aliphatic rings. The Morgan fingerprint density at radius 1 is 1.06 bits per heavy atom. The summed E-state index contributed by atoms with van der Waals surface area (Å²) in [5.41, 5.74) is 2.11. The Hall–Kier alpha value is -3.21. The maximum atomic E-state index is 13.1. The van der Waals surface area contributed by atoms with E-state index in [9.17, 15) is 22.8 Å². The minimum absolute atomic E-state index is 0.0413. The van der Waals surface area contributed by atoms with Crippen LogP contribution in [-0.2, 0) is 16.0 Å². The molecule has 0 radical (unpaired) electrons. The Balaban J connectivity index is 2.21. The minimum Gasteiger partial charge on any atom is -0.477 e. The highest BCUT2D eigenvalue weighted by Gasteiger charge is 2.29. The number of pyridine rings is 2. The molecule has 0 saturated heterocycles. The number of amides is 1. The van der Waals surface area contributed by atoms with E-state index in [1.165, 1.54) is 19.2 Å². The lowest BCUT2D eigenvalue weighted by atomic mass is 10.0. The zero-order valence-corrected chi connectivity index (χ0v) is 21.1. The molecule has 1 amide bonds. The number of nitrogens with zero attached hydrogens (tertiary/aromatic N) is 2. The first kappa shape index (κ1) is 29.0. The molecule has 0 aliphatic carbocycles. The number of aromatic nitrogens is 2. The molecule has 0 fully saturated rings. The Bertz CT molecular complexity index is 1040. The van der Waals surface area contributed by atoms with Gasteiger partial charge in [0.05, 0.1) is 12.6 Å². The van der Waals surface area contributed by atoms with E-state index in [4.69, 9.17) is 14.2 Å². The van der Waals surface area contributed by atoms with Crippen molar-refractivity contribution in [2.24, 2.45) is 5.92 Å². The van der Waals surface area contributed by atoms with Gasteiger partial charge in [0.15, 0.2) is 6.61 Å². The van der Waals surface area contributed by atoms with Crippen molar-refractivity contribution in [3.8, 4) is 11.8 Å². The van der Waals surface area contributed by atoms with E-state index in [1.807, 2.05) is 19.9 Å². The van der Waals surface area contributed by atoms with Gasteiger partial charge in [-0.1, -0.05) is 13.8 Å². The molecular weight excluding hydrogens is 479 g/mol. The average Bonchev–Trinajstić information content (AvgIpc) is 2.79. The predicted molar refractivity (Wildman–Crippen MR) is 126 cm³/mol. The van der Waals surface area contributed by atoms with Crippen LogP contribution in [0.25, 0.3) is 0 Å². The Morgan fingerprint density at radius 2 is 1.78 bits per heavy atom. The van der Waals surface area contributed by atoms with Crippen LogP contribution in [0.15, 0.2) is 24.3 Å². The van der Waals surface area contributed by atoms with Crippen molar-refractivity contribution in [3.05, 3.63) is 46.8 Å². The second-order valence-electron chi connectivity index (χ2n) is 8.63. The van der Waals surface area contributed by atoms with Crippen LogP contribution < -0.4 is 14.8 Å². The quantitative estimate of drug-likeness (QED) is 0.398. The molecule has 1 atom stereocenters. The molecule has 2 heterocycles. The third-order valence-corrected chi connectivity index (χ3v) is 5.07. The summed E-state index contributed by atoms with van der Waals surface area (Å²) in [4.78, 5) is 33.6. The molecule has 0 aromatic carbocycles. The summed E-state index contributed by atoms with van der Waals surface area (Å²) in [6.07, 6.45) is -3.86. The van der Waals surface area contributed by atoms with Gasteiger partial charge < -0.3 is 19.5 Å². The van der Waals surface area contributed by atoms with E-state index in [0.717, 1.165) is 5.56 Å². The lowest BCUT2D eigenvalue weighted by Gasteiger charge is -2.18. The Kier molecular flexibility index (Phi) is 10.6. The summed E-state index contributed by atoms with van der Waals surface area (Å²) in [6.45, 7) is 6.23. The normalized spacial score (nSPS) is 12.4. The lowest BCUT2D eigenvalue weighted by molar-refractivity contribution is -0.154. The molecule has 36 heavy (non-hydrogen) atoms. The van der Waals surface area contributed by atoms with Gasteiger partial charge in [0, 0.05) is 49.9 Å². The van der Waals surface area contributed by atoms with Crippen molar-refractivity contribution in [2.45, 2.75) is 52.8 Å². The molecule has 2 rings (SSSR count). The summed E-state index contributed by atoms with van der Waals surface area (Å²) in [5, 5.41) is 2.84. The topological polar surface area (TPSA) is 99.6 Å². The van der Waals surface area contributed by atoms with Crippen LogP contribution >= 0.6 is 0 Å². The molecule has 0 aliphatic heterocycles. The number of nitrogens with one attached hydrogen (secondary N) is 1. The maximum absolute atomic E-state index is 13.1. The van der Waals surface area contributed by atoms with E-state index < -0.39 is 24.7 Å². The number of rotatable bonds is 13. The van der Waals surface area contributed by atoms with Crippen molar-refractivity contribution >= 4 is 11.7 Å². The monoisotopic (exact) mass is 511 g/mol. The Labute approximate surface area is 208 Å². The van der Waals surface area contributed by atoms with Crippen molar-refractivity contribution in [3.63, 3.8) is 0 Å². The highest BCUT2D eigenvalue weighted by atomic mass is 19.4. The van der Waals surface area contributed by atoms with Crippen molar-refractivity contribution < 1.29 is 37.0 Å². The molecule has 2 aromatic heterocycles. The van der Waals surface area contributed by atoms with Gasteiger partial charge in [0.1, 0.15) is 11.3 Å². The standard InChI is InChI=1S/C25H32F3N3O5/c1-15(2)21(32)13-19-12-18(11-16(3)29-19)17(4)30-23(33)20-7-8-22(36-14-25(26,27)28)31-24(20)35-10-6-9-34-5/h7-8,11-12,15,17H,6,9-10,13-14H2,1-5H3,(H,30,33). The molecule has 198 valence electrons. The van der Waals surface area contributed by atoms with Crippen molar-refractivity contribution in [2.75, 3.05) is 26.9 Å². The SMILES string of the molecule is COCCCOc1nc(OCC(F)(F)F)ccc1C(=O)NC(C)c1cc(C)nc(CC(=O)C(C)C)c1. The van der Waals surface area contributed by atoms with Gasteiger partial charge in [0.2, 0.25) is 11.8 Å². The smallest absolute Gasteiger partial charge is 0.422 e. The van der Waals surface area contributed by atoms with Gasteiger partial charge in [-0.05, 0) is 37.6 Å². The lowest BCUT2D eigenvalue weighted by Crippen LogP contribution is -2.28. The molecule has 0 bridgehead atoms. The Morgan fingerprint density at radius 3 is 2.42 bits per heavy atom. The molecule has 1 N–H and O–H groups in total. The number of ether oxygens (including phenoxy) is 3. The van der Waals surface area contributed by atoms with E-state index in [0.29, 0.717) is 24.4 Å². The number of hydrogen-bond acceptors (Lipinski definition) is 7. The summed E-state index contributed by atoms with van der Waals surface area (Å²) in [6, 6.07) is 5.60. The second-order valence-corrected chi connectivity index (χ2v) is 8.63. The number of aryl methyl sites for hydroxylation is 1. The fourth-order valence-electron chi connectivity index (χ4n) is 3.16. The number of ketones is 1. The van der Waals surface area contributed by atoms with Crippen LogP contribution in [0, 0.1) is 12.8 Å². The number of halogens is 3. The van der Waals surface area contributed by atoms with Gasteiger partial charge >= 0.3 is 6.18 Å². The van der Waals surface area contributed by atoms with Gasteiger partial charge in [-0.3, -0.25) is 14.6 Å². The molecule has 11 heteroatoms. The summed E-state index contributed by atoms with van der Waals surface area (Å²) >= 11 is 0. The molecule has 8 nitrogen and oxygen atoms in total. The van der Waals surface area contributed by atoms with Crippen LogP contribution in [0.4, 0.5) is 13.2 Å². The van der Waals surface area contributed by atoms with Crippen LogP contribution in [-0.4, -0.2) is 54.8 Å². The van der Waals surface area contributed by atoms with E-state index in [-0.39, 0.29) is 42.1 Å². The van der Waals surface area contributed by atoms with Gasteiger partial charge in [-0.2, -0.15) is 18.2 Å². The van der Waals surface area contributed by atoms with Crippen molar-refractivity contribution in [1.82, 2.24) is 15.3 Å². The number of carbonyl (C=O) groups excluding carboxylic acids is 2. The van der Waals surface area contributed by atoms with E-state index >= 15 is 0 Å². The van der Waals surface area contributed by atoms with Crippen LogP contribution in [0.2, 0.25) is 0 Å². The molecule has 0 spiro atoms.